The van der Waals surface area contributed by atoms with Crippen LogP contribution in [-0.2, 0) is 19.6 Å². The van der Waals surface area contributed by atoms with Crippen LogP contribution in [0.3, 0.4) is 0 Å². The van der Waals surface area contributed by atoms with E-state index in [-0.39, 0.29) is 17.8 Å². The van der Waals surface area contributed by atoms with E-state index in [1.807, 2.05) is 53.7 Å². The molecule has 2 unspecified atom stereocenters. The number of benzene rings is 1. The van der Waals surface area contributed by atoms with E-state index in [4.69, 9.17) is 4.74 Å². The Morgan fingerprint density at radius 1 is 0.964 bits per heavy atom. The van der Waals surface area contributed by atoms with Gasteiger partial charge in [-0.15, -0.1) is 0 Å². The third-order valence-electron chi connectivity index (χ3n) is 5.30. The number of carbonyl (C=O) groups excluding carboxylic acids is 1. The van der Waals surface area contributed by atoms with Crippen molar-refractivity contribution in [2.45, 2.75) is 90.5 Å². The number of hydrogen-bond acceptors (Lipinski definition) is 4. The molecule has 0 heterocycles. The zero-order valence-electron chi connectivity index (χ0n) is 18.8. The molecular weight excluding hydrogens is 374 g/mol. The van der Waals surface area contributed by atoms with E-state index in [0.29, 0.717) is 17.2 Å². The van der Waals surface area contributed by atoms with Crippen LogP contribution < -0.4 is 4.72 Å². The minimum atomic E-state index is -3.91. The lowest BCUT2D eigenvalue weighted by Gasteiger charge is -2.26. The van der Waals surface area contributed by atoms with Gasteiger partial charge in [-0.2, -0.15) is 4.72 Å². The Morgan fingerprint density at radius 3 is 1.75 bits per heavy atom. The fourth-order valence-corrected chi connectivity index (χ4v) is 5.18. The molecule has 5 nitrogen and oxygen atoms in total. The SMILES string of the molecule is CCC(C)C(NS(=O)(=O)c1c(C(C)C)cc(C(C)C)cc1C(C)C)C(=O)OC. The molecule has 1 N–H and O–H groups in total. The van der Waals surface area contributed by atoms with Gasteiger partial charge in [0, 0.05) is 0 Å². The summed E-state index contributed by atoms with van der Waals surface area (Å²) in [6, 6.07) is 3.07. The summed E-state index contributed by atoms with van der Waals surface area (Å²) in [5, 5.41) is 0. The van der Waals surface area contributed by atoms with E-state index < -0.39 is 22.0 Å². The highest BCUT2D eigenvalue weighted by atomic mass is 32.2. The third-order valence-corrected chi connectivity index (χ3v) is 6.87. The van der Waals surface area contributed by atoms with Crippen molar-refractivity contribution in [2.75, 3.05) is 7.11 Å². The van der Waals surface area contributed by atoms with Crippen LogP contribution in [0.2, 0.25) is 0 Å². The first-order chi connectivity index (χ1) is 12.9. The highest BCUT2D eigenvalue weighted by molar-refractivity contribution is 7.89. The minimum Gasteiger partial charge on any atom is -0.468 e. The van der Waals surface area contributed by atoms with Gasteiger partial charge in [0.1, 0.15) is 6.04 Å². The molecule has 0 spiro atoms. The van der Waals surface area contributed by atoms with Crippen molar-refractivity contribution in [2.24, 2.45) is 5.92 Å². The molecule has 0 aliphatic carbocycles. The Balaban J connectivity index is 3.68. The molecule has 0 radical (unpaired) electrons. The number of sulfonamides is 1. The number of carbonyl (C=O) groups is 1. The summed E-state index contributed by atoms with van der Waals surface area (Å²) in [5.41, 5.74) is 2.70. The van der Waals surface area contributed by atoms with Gasteiger partial charge in [-0.1, -0.05) is 73.9 Å². The highest BCUT2D eigenvalue weighted by Gasteiger charge is 2.34. The zero-order chi connectivity index (χ0) is 21.8. The van der Waals surface area contributed by atoms with Gasteiger partial charge in [0.2, 0.25) is 10.0 Å². The topological polar surface area (TPSA) is 72.5 Å². The van der Waals surface area contributed by atoms with Gasteiger partial charge in [0.05, 0.1) is 12.0 Å². The van der Waals surface area contributed by atoms with Crippen LogP contribution in [-0.4, -0.2) is 27.5 Å². The van der Waals surface area contributed by atoms with E-state index in [1.165, 1.54) is 7.11 Å². The normalized spacial score (nSPS) is 14.6. The van der Waals surface area contributed by atoms with E-state index >= 15 is 0 Å². The Labute approximate surface area is 171 Å². The molecule has 1 aromatic rings. The Morgan fingerprint density at radius 2 is 1.43 bits per heavy atom. The summed E-state index contributed by atoms with van der Waals surface area (Å²) in [6.07, 6.45) is 0.655. The Kier molecular flexibility index (Phi) is 8.69. The lowest BCUT2D eigenvalue weighted by molar-refractivity contribution is -0.143. The molecule has 0 saturated carbocycles. The van der Waals surface area contributed by atoms with Crippen molar-refractivity contribution in [1.29, 1.82) is 0 Å². The van der Waals surface area contributed by atoms with Crippen molar-refractivity contribution in [3.05, 3.63) is 28.8 Å². The molecular formula is C22H37NO4S. The summed E-state index contributed by atoms with van der Waals surface area (Å²) in [7, 11) is -2.63. The molecule has 0 aliphatic rings. The van der Waals surface area contributed by atoms with Crippen molar-refractivity contribution in [3.8, 4) is 0 Å². The summed E-state index contributed by atoms with van der Waals surface area (Å²) in [5.74, 6) is -0.385. The van der Waals surface area contributed by atoms with Crippen LogP contribution in [0.15, 0.2) is 17.0 Å². The first kappa shape index (κ1) is 24.6. The number of nitrogens with one attached hydrogen (secondary N) is 1. The molecule has 6 heteroatoms. The molecule has 160 valence electrons. The molecule has 0 saturated heterocycles. The lowest BCUT2D eigenvalue weighted by Crippen LogP contribution is -2.46. The predicted octanol–water partition coefficient (Wildman–Crippen LogP) is 4.92. The number of rotatable bonds is 9. The van der Waals surface area contributed by atoms with E-state index in [2.05, 4.69) is 18.6 Å². The lowest BCUT2D eigenvalue weighted by atomic mass is 9.89. The molecule has 2 atom stereocenters. The largest absolute Gasteiger partial charge is 0.468 e. The molecule has 0 fully saturated rings. The first-order valence-corrected chi connectivity index (χ1v) is 11.6. The van der Waals surface area contributed by atoms with Crippen LogP contribution in [0, 0.1) is 5.92 Å². The van der Waals surface area contributed by atoms with E-state index in [0.717, 1.165) is 16.7 Å². The number of methoxy groups -OCH3 is 1. The smallest absolute Gasteiger partial charge is 0.324 e. The average Bonchev–Trinajstić information content (AvgIpc) is 2.63. The predicted molar refractivity (Wildman–Crippen MR) is 114 cm³/mol. The quantitative estimate of drug-likeness (QED) is 0.585. The minimum absolute atomic E-state index is 0.0305. The van der Waals surface area contributed by atoms with Crippen molar-refractivity contribution in [1.82, 2.24) is 4.72 Å². The summed E-state index contributed by atoms with van der Waals surface area (Å²) in [6.45, 7) is 16.0. The molecule has 28 heavy (non-hydrogen) atoms. The van der Waals surface area contributed by atoms with Crippen molar-refractivity contribution < 1.29 is 17.9 Å². The van der Waals surface area contributed by atoms with Gasteiger partial charge in [-0.3, -0.25) is 4.79 Å². The zero-order valence-corrected chi connectivity index (χ0v) is 19.6. The maximum atomic E-state index is 13.5. The van der Waals surface area contributed by atoms with Crippen molar-refractivity contribution in [3.63, 3.8) is 0 Å². The molecule has 0 bridgehead atoms. The third kappa shape index (κ3) is 5.57. The van der Waals surface area contributed by atoms with Gasteiger partial charge in [-0.25, -0.2) is 8.42 Å². The molecule has 1 aromatic carbocycles. The fraction of sp³-hybridized carbons (Fsp3) is 0.682. The number of esters is 1. The molecule has 0 aromatic heterocycles. The summed E-state index contributed by atoms with van der Waals surface area (Å²) in [4.78, 5) is 12.6. The second-order valence-electron chi connectivity index (χ2n) is 8.50. The van der Waals surface area contributed by atoms with E-state index in [1.54, 1.807) is 0 Å². The molecule has 0 aliphatic heterocycles. The van der Waals surface area contributed by atoms with Crippen LogP contribution in [0.1, 0.15) is 96.3 Å². The number of ether oxygens (including phenoxy) is 1. The van der Waals surface area contributed by atoms with Crippen LogP contribution in [0.5, 0.6) is 0 Å². The monoisotopic (exact) mass is 411 g/mol. The molecule has 0 amide bonds. The van der Waals surface area contributed by atoms with Crippen LogP contribution in [0.25, 0.3) is 0 Å². The second kappa shape index (κ2) is 9.88. The maximum absolute atomic E-state index is 13.5. The number of hydrogen-bond donors (Lipinski definition) is 1. The summed E-state index contributed by atoms with van der Waals surface area (Å²) >= 11 is 0. The van der Waals surface area contributed by atoms with Gasteiger partial charge in [0.25, 0.3) is 0 Å². The summed E-state index contributed by atoms with van der Waals surface area (Å²) < 4.78 is 34.5. The van der Waals surface area contributed by atoms with Crippen LogP contribution >= 0.6 is 0 Å². The standard InChI is InChI=1S/C22H37NO4S/c1-10-16(8)20(22(24)27-9)23-28(25,26)21-18(14(4)5)11-17(13(2)3)12-19(21)15(6)7/h11-16,20,23H,10H2,1-9H3. The van der Waals surface area contributed by atoms with Gasteiger partial charge >= 0.3 is 5.97 Å². The van der Waals surface area contributed by atoms with Crippen LogP contribution in [0.4, 0.5) is 0 Å². The maximum Gasteiger partial charge on any atom is 0.324 e. The van der Waals surface area contributed by atoms with Gasteiger partial charge in [0.15, 0.2) is 0 Å². The van der Waals surface area contributed by atoms with Crippen molar-refractivity contribution >= 4 is 16.0 Å². The van der Waals surface area contributed by atoms with E-state index in [9.17, 15) is 13.2 Å². The Bertz CT molecular complexity index is 753. The van der Waals surface area contributed by atoms with Gasteiger partial charge in [-0.05, 0) is 40.4 Å². The molecule has 1 rings (SSSR count). The fourth-order valence-electron chi connectivity index (χ4n) is 3.19. The first-order valence-electron chi connectivity index (χ1n) is 10.1. The Hall–Kier alpha value is -1.40. The average molecular weight is 412 g/mol. The highest BCUT2D eigenvalue weighted by Crippen LogP contribution is 2.35. The second-order valence-corrected chi connectivity index (χ2v) is 10.2. The van der Waals surface area contributed by atoms with Gasteiger partial charge < -0.3 is 4.74 Å².